The number of benzene rings is 1. The molecule has 3 aromatic heterocycles. The summed E-state index contributed by atoms with van der Waals surface area (Å²) in [6, 6.07) is 13.9. The summed E-state index contributed by atoms with van der Waals surface area (Å²) in [5.41, 5.74) is 3.46. The van der Waals surface area contributed by atoms with Gasteiger partial charge in [0.15, 0.2) is 5.65 Å². The van der Waals surface area contributed by atoms with Gasteiger partial charge >= 0.3 is 0 Å². The quantitative estimate of drug-likeness (QED) is 0.534. The van der Waals surface area contributed by atoms with Gasteiger partial charge in [-0.25, -0.2) is 4.98 Å². The van der Waals surface area contributed by atoms with E-state index in [-0.39, 0.29) is 5.88 Å². The van der Waals surface area contributed by atoms with Crippen LogP contribution in [0.1, 0.15) is 5.69 Å². The fraction of sp³-hybridized carbons (Fsp3) is 0.0588. The van der Waals surface area contributed by atoms with Crippen LogP contribution in [0, 0.1) is 6.92 Å². The van der Waals surface area contributed by atoms with Crippen molar-refractivity contribution in [1.29, 1.82) is 0 Å². The first-order valence-electron chi connectivity index (χ1n) is 7.24. The van der Waals surface area contributed by atoms with E-state index in [9.17, 15) is 4.79 Å². The predicted molar refractivity (Wildman–Crippen MR) is 91.4 cm³/mol. The number of nitrogens with zero attached hydrogens (tertiary/aromatic N) is 4. The molecule has 4 rings (SSSR count). The summed E-state index contributed by atoms with van der Waals surface area (Å²) in [6.07, 6.45) is 0. The topological polar surface area (TPSA) is 69.9 Å². The van der Waals surface area contributed by atoms with Crippen LogP contribution in [0.2, 0.25) is 0 Å². The first-order chi connectivity index (χ1) is 11.8. The third-order valence-electron chi connectivity index (χ3n) is 3.54. The first kappa shape index (κ1) is 14.5. The number of aromatic nitrogens is 4. The highest BCUT2D eigenvalue weighted by Gasteiger charge is 2.17. The first-order valence-corrected chi connectivity index (χ1v) is 8.12. The molecule has 7 heteroatoms. The lowest BCUT2D eigenvalue weighted by molar-refractivity contribution is -0.120. The van der Waals surface area contributed by atoms with Gasteiger partial charge in [-0.3, -0.25) is 4.79 Å². The molecule has 0 saturated heterocycles. The molecule has 4 aromatic rings. The van der Waals surface area contributed by atoms with Gasteiger partial charge in [0.05, 0.1) is 5.38 Å². The highest BCUT2D eigenvalue weighted by molar-refractivity contribution is 7.12. The molecule has 0 aliphatic rings. The molecule has 0 radical (unpaired) electrons. The van der Waals surface area contributed by atoms with Gasteiger partial charge in [-0.1, -0.05) is 41.7 Å². The number of thiazole rings is 1. The van der Waals surface area contributed by atoms with Crippen LogP contribution in [0.4, 0.5) is 0 Å². The van der Waals surface area contributed by atoms with Crippen LogP contribution >= 0.6 is 11.3 Å². The minimum Gasteiger partial charge on any atom is -0.409 e. The van der Waals surface area contributed by atoms with E-state index < -0.39 is 0 Å². The Labute approximate surface area is 141 Å². The van der Waals surface area contributed by atoms with Gasteiger partial charge in [-0.05, 0) is 19.1 Å². The minimum absolute atomic E-state index is 0.252. The van der Waals surface area contributed by atoms with E-state index in [0.29, 0.717) is 11.6 Å². The molecule has 0 fully saturated rings. The predicted octanol–water partition coefficient (Wildman–Crippen LogP) is 3.39. The van der Waals surface area contributed by atoms with E-state index in [1.165, 1.54) is 11.3 Å². The second-order valence-corrected chi connectivity index (χ2v) is 5.97. The Morgan fingerprint density at radius 3 is 2.75 bits per heavy atom. The number of aryl methyl sites for hydroxylation is 1. The number of carbonyl (C=O) groups excluding carboxylic acids is 1. The zero-order chi connectivity index (χ0) is 16.5. The summed E-state index contributed by atoms with van der Waals surface area (Å²) >= 11 is 1.34. The summed E-state index contributed by atoms with van der Waals surface area (Å²) < 4.78 is 6.48. The van der Waals surface area contributed by atoms with E-state index in [1.807, 2.05) is 49.4 Å². The number of rotatable bonds is 4. The number of ether oxygens (including phenoxy) is 1. The fourth-order valence-corrected chi connectivity index (χ4v) is 3.17. The van der Waals surface area contributed by atoms with Crippen LogP contribution in [-0.4, -0.2) is 26.2 Å². The molecule has 0 N–H and O–H groups in total. The second-order valence-electron chi connectivity index (χ2n) is 5.13. The van der Waals surface area contributed by atoms with Crippen LogP contribution in [0.5, 0.6) is 5.88 Å². The van der Waals surface area contributed by atoms with Crippen molar-refractivity contribution in [2.75, 3.05) is 0 Å². The van der Waals surface area contributed by atoms with Crippen molar-refractivity contribution in [3.05, 3.63) is 53.5 Å². The van der Waals surface area contributed by atoms with E-state index >= 15 is 0 Å². The van der Waals surface area contributed by atoms with Crippen molar-refractivity contribution >= 4 is 28.8 Å². The molecule has 0 aliphatic carbocycles. The molecule has 0 spiro atoms. The normalized spacial score (nSPS) is 10.9. The lowest BCUT2D eigenvalue weighted by Gasteiger charge is -1.97. The van der Waals surface area contributed by atoms with Gasteiger partial charge in [-0.15, -0.1) is 0 Å². The molecule has 24 heavy (non-hydrogen) atoms. The van der Waals surface area contributed by atoms with Gasteiger partial charge in [0.25, 0.3) is 6.47 Å². The average molecular weight is 336 g/mol. The van der Waals surface area contributed by atoms with Crippen molar-refractivity contribution in [2.45, 2.75) is 6.92 Å². The molecule has 0 aliphatic heterocycles. The van der Waals surface area contributed by atoms with E-state index in [4.69, 9.17) is 9.84 Å². The summed E-state index contributed by atoms with van der Waals surface area (Å²) in [5, 5.41) is 7.90. The highest BCUT2D eigenvalue weighted by atomic mass is 32.1. The third kappa shape index (κ3) is 2.44. The van der Waals surface area contributed by atoms with E-state index in [2.05, 4.69) is 9.97 Å². The molecule has 1 aromatic carbocycles. The Morgan fingerprint density at radius 1 is 1.12 bits per heavy atom. The van der Waals surface area contributed by atoms with Gasteiger partial charge in [0.2, 0.25) is 11.0 Å². The van der Waals surface area contributed by atoms with Crippen molar-refractivity contribution in [2.24, 2.45) is 0 Å². The molecule has 6 nitrogen and oxygen atoms in total. The van der Waals surface area contributed by atoms with Gasteiger partial charge < -0.3 is 4.74 Å². The van der Waals surface area contributed by atoms with Crippen molar-refractivity contribution < 1.29 is 9.53 Å². The summed E-state index contributed by atoms with van der Waals surface area (Å²) in [6.45, 7) is 2.29. The Balaban J connectivity index is 1.94. The van der Waals surface area contributed by atoms with Crippen LogP contribution < -0.4 is 4.74 Å². The molecule has 118 valence electrons. The summed E-state index contributed by atoms with van der Waals surface area (Å²) in [4.78, 5) is 19.4. The number of hydrogen-bond acceptors (Lipinski definition) is 6. The largest absolute Gasteiger partial charge is 0.409 e. The lowest BCUT2D eigenvalue weighted by Crippen LogP contribution is -1.98. The molecule has 0 saturated carbocycles. The molecule has 0 bridgehead atoms. The average Bonchev–Trinajstić information content (AvgIpc) is 3.20. The zero-order valence-corrected chi connectivity index (χ0v) is 13.5. The number of fused-ring (bicyclic) bond motifs is 1. The monoisotopic (exact) mass is 336 g/mol. The Kier molecular flexibility index (Phi) is 3.55. The van der Waals surface area contributed by atoms with E-state index in [0.717, 1.165) is 28.0 Å². The second kappa shape index (κ2) is 5.86. The molecular weight excluding hydrogens is 324 g/mol. The van der Waals surface area contributed by atoms with Crippen LogP contribution in [0.25, 0.3) is 27.4 Å². The number of pyridine rings is 1. The number of carbonyl (C=O) groups is 1. The SMILES string of the molecule is Cc1ccc2c(-c3ccccc3)nn(-c3nc(OC=O)cs3)c2n1. The maximum absolute atomic E-state index is 10.5. The van der Waals surface area contributed by atoms with Crippen LogP contribution in [0.15, 0.2) is 47.8 Å². The Hall–Kier alpha value is -3.06. The molecule has 0 unspecified atom stereocenters. The Morgan fingerprint density at radius 2 is 1.96 bits per heavy atom. The highest BCUT2D eigenvalue weighted by Crippen LogP contribution is 2.30. The summed E-state index contributed by atoms with van der Waals surface area (Å²) in [7, 11) is 0. The lowest BCUT2D eigenvalue weighted by atomic mass is 10.1. The molecule has 0 amide bonds. The minimum atomic E-state index is 0.252. The van der Waals surface area contributed by atoms with Crippen LogP contribution in [0.3, 0.4) is 0 Å². The molecule has 0 atom stereocenters. The van der Waals surface area contributed by atoms with Gasteiger partial charge in [-0.2, -0.15) is 14.8 Å². The van der Waals surface area contributed by atoms with Crippen molar-refractivity contribution in [3.63, 3.8) is 0 Å². The maximum Gasteiger partial charge on any atom is 0.299 e. The third-order valence-corrected chi connectivity index (χ3v) is 4.33. The number of hydrogen-bond donors (Lipinski definition) is 0. The molecular formula is C17H12N4O2S. The van der Waals surface area contributed by atoms with Crippen molar-refractivity contribution in [1.82, 2.24) is 19.7 Å². The van der Waals surface area contributed by atoms with Crippen LogP contribution in [-0.2, 0) is 4.79 Å². The van der Waals surface area contributed by atoms with E-state index in [1.54, 1.807) is 10.1 Å². The summed E-state index contributed by atoms with van der Waals surface area (Å²) in [5.74, 6) is 0.252. The van der Waals surface area contributed by atoms with Gasteiger partial charge in [0, 0.05) is 16.6 Å². The molecule has 3 heterocycles. The zero-order valence-electron chi connectivity index (χ0n) is 12.7. The standard InChI is InChI=1S/C17H12N4O2S/c1-11-7-8-13-15(12-5-3-2-4-6-12)20-21(16(13)18-11)17-19-14(9-24-17)23-10-22/h2-10H,1H3. The maximum atomic E-state index is 10.5. The Bertz CT molecular complexity index is 1020. The van der Waals surface area contributed by atoms with Gasteiger partial charge in [0.1, 0.15) is 5.69 Å². The van der Waals surface area contributed by atoms with Crippen molar-refractivity contribution in [3.8, 4) is 22.3 Å². The fourth-order valence-electron chi connectivity index (χ4n) is 2.48. The smallest absolute Gasteiger partial charge is 0.299 e.